The molecule has 1 saturated carbocycles. The van der Waals surface area contributed by atoms with E-state index in [-0.39, 0.29) is 11.3 Å². The zero-order chi connectivity index (χ0) is 14.9. The van der Waals surface area contributed by atoms with Crippen LogP contribution in [0.25, 0.3) is 0 Å². The van der Waals surface area contributed by atoms with Crippen molar-refractivity contribution in [2.75, 3.05) is 19.6 Å². The van der Waals surface area contributed by atoms with Gasteiger partial charge in [-0.05, 0) is 37.5 Å². The molecule has 0 bridgehead atoms. The molecule has 0 radical (unpaired) electrons. The van der Waals surface area contributed by atoms with E-state index in [1.165, 1.54) is 12.8 Å². The Kier molecular flexibility index (Phi) is 4.75. The normalized spacial score (nSPS) is 30.2. The van der Waals surface area contributed by atoms with Gasteiger partial charge in [0.05, 0.1) is 5.92 Å². The van der Waals surface area contributed by atoms with Crippen LogP contribution in [0.4, 0.5) is 0 Å². The van der Waals surface area contributed by atoms with Crippen LogP contribution in [0.2, 0.25) is 0 Å². The third-order valence-corrected chi connectivity index (χ3v) is 4.63. The Morgan fingerprint density at radius 1 is 1.35 bits per heavy atom. The fourth-order valence-electron chi connectivity index (χ4n) is 3.12. The van der Waals surface area contributed by atoms with E-state index in [2.05, 4.69) is 37.9 Å². The molecule has 2 rings (SSSR count). The molecule has 2 aliphatic rings. The van der Waals surface area contributed by atoms with Gasteiger partial charge in [0.15, 0.2) is 0 Å². The van der Waals surface area contributed by atoms with E-state index in [0.29, 0.717) is 12.1 Å². The Morgan fingerprint density at radius 2 is 2.00 bits per heavy atom. The van der Waals surface area contributed by atoms with Crippen molar-refractivity contribution >= 4 is 5.97 Å². The van der Waals surface area contributed by atoms with Gasteiger partial charge in [0.25, 0.3) is 0 Å². The summed E-state index contributed by atoms with van der Waals surface area (Å²) in [7, 11) is 0. The van der Waals surface area contributed by atoms with Gasteiger partial charge in [-0.25, -0.2) is 0 Å². The van der Waals surface area contributed by atoms with Crippen LogP contribution in [-0.4, -0.2) is 47.7 Å². The van der Waals surface area contributed by atoms with Gasteiger partial charge in [-0.2, -0.15) is 0 Å². The minimum atomic E-state index is -0.639. The number of carbonyl (C=O) groups is 1. The van der Waals surface area contributed by atoms with E-state index in [1.54, 1.807) is 0 Å². The molecule has 0 amide bonds. The quantitative estimate of drug-likeness (QED) is 0.811. The number of hydrogen-bond acceptors (Lipinski definition) is 3. The Balaban J connectivity index is 1.94. The number of piperidine rings is 1. The van der Waals surface area contributed by atoms with E-state index in [1.807, 2.05) is 0 Å². The SMILES string of the molecule is CC(C1CC1)N1CC(NCC(C)(C)C)CC(C(=O)O)C1. The highest BCUT2D eigenvalue weighted by Crippen LogP contribution is 2.36. The van der Waals surface area contributed by atoms with Crippen molar-refractivity contribution < 1.29 is 9.90 Å². The Hall–Kier alpha value is -0.610. The van der Waals surface area contributed by atoms with E-state index in [0.717, 1.165) is 32.0 Å². The monoisotopic (exact) mass is 282 g/mol. The molecule has 1 aliphatic carbocycles. The predicted octanol–water partition coefficient (Wildman–Crippen LogP) is 2.20. The molecule has 0 aromatic carbocycles. The third-order valence-electron chi connectivity index (χ3n) is 4.63. The summed E-state index contributed by atoms with van der Waals surface area (Å²) in [5.41, 5.74) is 0.239. The molecule has 2 N–H and O–H groups in total. The van der Waals surface area contributed by atoms with Crippen LogP contribution >= 0.6 is 0 Å². The van der Waals surface area contributed by atoms with Gasteiger partial charge in [-0.3, -0.25) is 9.69 Å². The molecule has 0 aromatic rings. The first-order valence-corrected chi connectivity index (χ1v) is 7.96. The van der Waals surface area contributed by atoms with Crippen LogP contribution in [0.1, 0.15) is 47.0 Å². The lowest BCUT2D eigenvalue weighted by Crippen LogP contribution is -2.54. The lowest BCUT2D eigenvalue weighted by molar-refractivity contribution is -0.144. The summed E-state index contributed by atoms with van der Waals surface area (Å²) in [5.74, 6) is -0.0616. The zero-order valence-electron chi connectivity index (χ0n) is 13.4. The maximum absolute atomic E-state index is 11.4. The summed E-state index contributed by atoms with van der Waals surface area (Å²) < 4.78 is 0. The molecule has 3 unspecified atom stereocenters. The largest absolute Gasteiger partial charge is 0.481 e. The van der Waals surface area contributed by atoms with Gasteiger partial charge >= 0.3 is 5.97 Å². The van der Waals surface area contributed by atoms with E-state index in [9.17, 15) is 9.90 Å². The van der Waals surface area contributed by atoms with Crippen molar-refractivity contribution in [3.63, 3.8) is 0 Å². The van der Waals surface area contributed by atoms with Crippen LogP contribution in [0, 0.1) is 17.3 Å². The minimum absolute atomic E-state index is 0.220. The lowest BCUT2D eigenvalue weighted by Gasteiger charge is -2.41. The molecule has 1 aliphatic heterocycles. The fraction of sp³-hybridized carbons (Fsp3) is 0.938. The molecule has 4 heteroatoms. The second-order valence-corrected chi connectivity index (χ2v) is 7.94. The molecule has 116 valence electrons. The second-order valence-electron chi connectivity index (χ2n) is 7.94. The number of aliphatic carboxylic acids is 1. The van der Waals surface area contributed by atoms with Crippen molar-refractivity contribution in [2.45, 2.75) is 59.0 Å². The van der Waals surface area contributed by atoms with Crippen molar-refractivity contribution in [3.05, 3.63) is 0 Å². The molecule has 4 nitrogen and oxygen atoms in total. The zero-order valence-corrected chi connectivity index (χ0v) is 13.4. The summed E-state index contributed by atoms with van der Waals surface area (Å²) in [6.45, 7) is 11.6. The summed E-state index contributed by atoms with van der Waals surface area (Å²) in [6, 6.07) is 0.848. The number of rotatable bonds is 5. The lowest BCUT2D eigenvalue weighted by atomic mass is 9.90. The van der Waals surface area contributed by atoms with Crippen molar-refractivity contribution in [1.82, 2.24) is 10.2 Å². The molecular weight excluding hydrogens is 252 g/mol. The molecule has 1 saturated heterocycles. The number of nitrogens with zero attached hydrogens (tertiary/aromatic N) is 1. The maximum Gasteiger partial charge on any atom is 0.307 e. The number of carboxylic acid groups (broad SMARTS) is 1. The molecule has 0 spiro atoms. The van der Waals surface area contributed by atoms with Crippen LogP contribution in [-0.2, 0) is 4.79 Å². The molecule has 20 heavy (non-hydrogen) atoms. The maximum atomic E-state index is 11.4. The number of carboxylic acids is 1. The standard InChI is InChI=1S/C16H30N2O2/c1-11(12-5-6-12)18-8-13(15(19)20)7-14(9-18)17-10-16(2,3)4/h11-14,17H,5-10H2,1-4H3,(H,19,20). The number of hydrogen-bond donors (Lipinski definition) is 2. The van der Waals surface area contributed by atoms with E-state index < -0.39 is 5.97 Å². The minimum Gasteiger partial charge on any atom is -0.481 e. The Morgan fingerprint density at radius 3 is 2.50 bits per heavy atom. The first-order chi connectivity index (χ1) is 9.26. The summed E-state index contributed by atoms with van der Waals surface area (Å²) in [4.78, 5) is 13.8. The van der Waals surface area contributed by atoms with Gasteiger partial charge < -0.3 is 10.4 Å². The van der Waals surface area contributed by atoms with Gasteiger partial charge in [0.2, 0.25) is 0 Å². The average molecular weight is 282 g/mol. The van der Waals surface area contributed by atoms with Crippen LogP contribution in [0.3, 0.4) is 0 Å². The topological polar surface area (TPSA) is 52.6 Å². The van der Waals surface area contributed by atoms with Crippen molar-refractivity contribution in [2.24, 2.45) is 17.3 Å². The van der Waals surface area contributed by atoms with E-state index in [4.69, 9.17) is 0 Å². The molecular formula is C16H30N2O2. The summed E-state index contributed by atoms with van der Waals surface area (Å²) in [5, 5.41) is 13.0. The van der Waals surface area contributed by atoms with E-state index >= 15 is 0 Å². The summed E-state index contributed by atoms with van der Waals surface area (Å²) in [6.07, 6.45) is 3.39. The highest BCUT2D eigenvalue weighted by Gasteiger charge is 2.38. The van der Waals surface area contributed by atoms with Gasteiger partial charge in [0, 0.05) is 31.7 Å². The molecule has 0 aromatic heterocycles. The second kappa shape index (κ2) is 6.02. The van der Waals surface area contributed by atoms with Gasteiger partial charge in [0.1, 0.15) is 0 Å². The highest BCUT2D eigenvalue weighted by atomic mass is 16.4. The van der Waals surface area contributed by atoms with Gasteiger partial charge in [-0.1, -0.05) is 20.8 Å². The predicted molar refractivity (Wildman–Crippen MR) is 80.7 cm³/mol. The average Bonchev–Trinajstić information content (AvgIpc) is 3.18. The Labute approximate surface area is 122 Å². The fourth-order valence-corrected chi connectivity index (χ4v) is 3.12. The molecule has 3 atom stereocenters. The molecule has 1 heterocycles. The van der Waals surface area contributed by atoms with Crippen LogP contribution in [0.15, 0.2) is 0 Å². The molecule has 2 fully saturated rings. The first-order valence-electron chi connectivity index (χ1n) is 7.96. The highest BCUT2D eigenvalue weighted by molar-refractivity contribution is 5.70. The van der Waals surface area contributed by atoms with Crippen LogP contribution in [0.5, 0.6) is 0 Å². The van der Waals surface area contributed by atoms with Crippen molar-refractivity contribution in [1.29, 1.82) is 0 Å². The third kappa shape index (κ3) is 4.45. The van der Waals surface area contributed by atoms with Crippen LogP contribution < -0.4 is 5.32 Å². The number of nitrogens with one attached hydrogen (secondary N) is 1. The van der Waals surface area contributed by atoms with Crippen molar-refractivity contribution in [3.8, 4) is 0 Å². The Bertz CT molecular complexity index is 347. The smallest absolute Gasteiger partial charge is 0.307 e. The number of likely N-dealkylation sites (tertiary alicyclic amines) is 1. The summed E-state index contributed by atoms with van der Waals surface area (Å²) >= 11 is 0. The van der Waals surface area contributed by atoms with Gasteiger partial charge in [-0.15, -0.1) is 0 Å². The first kappa shape index (κ1) is 15.8.